The number of anilines is 2. The summed E-state index contributed by atoms with van der Waals surface area (Å²) < 4.78 is 5.42. The molecule has 1 saturated heterocycles. The van der Waals surface area contributed by atoms with Gasteiger partial charge in [0.25, 0.3) is 5.56 Å². The zero-order valence-electron chi connectivity index (χ0n) is 15.2. The van der Waals surface area contributed by atoms with E-state index in [2.05, 4.69) is 34.0 Å². The van der Waals surface area contributed by atoms with Crippen LogP contribution in [0.15, 0.2) is 27.6 Å². The van der Waals surface area contributed by atoms with E-state index >= 15 is 0 Å². The van der Waals surface area contributed by atoms with Crippen LogP contribution in [0.2, 0.25) is 0 Å². The number of rotatable bonds is 2. The average molecular weight is 367 g/mol. The van der Waals surface area contributed by atoms with Crippen LogP contribution in [0.4, 0.5) is 11.8 Å². The van der Waals surface area contributed by atoms with Gasteiger partial charge in [-0.3, -0.25) is 14.6 Å². The summed E-state index contributed by atoms with van der Waals surface area (Å²) in [7, 11) is 0. The Morgan fingerprint density at radius 3 is 2.67 bits per heavy atom. The van der Waals surface area contributed by atoms with Crippen LogP contribution in [-0.4, -0.2) is 28.0 Å². The summed E-state index contributed by atoms with van der Waals surface area (Å²) in [6, 6.07) is 5.80. The lowest BCUT2D eigenvalue weighted by atomic mass is 9.82. The quantitative estimate of drug-likeness (QED) is 0.842. The molecule has 140 valence electrons. The number of hydrogen-bond acceptors (Lipinski definition) is 6. The largest absolute Gasteiger partial charge is 0.469 e. The first-order chi connectivity index (χ1) is 13.0. The van der Waals surface area contributed by atoms with Gasteiger partial charge in [-0.25, -0.2) is 0 Å². The fourth-order valence-corrected chi connectivity index (χ4v) is 4.24. The summed E-state index contributed by atoms with van der Waals surface area (Å²) in [6.45, 7) is 4.20. The Balaban J connectivity index is 1.85. The molecule has 0 radical (unpaired) electrons. The molecule has 4 unspecified atom stereocenters. The number of amides is 1. The van der Waals surface area contributed by atoms with Crippen LogP contribution in [0, 0.1) is 17.2 Å². The predicted molar refractivity (Wildman–Crippen MR) is 98.4 cm³/mol. The van der Waals surface area contributed by atoms with Crippen molar-refractivity contribution in [3.63, 3.8) is 0 Å². The van der Waals surface area contributed by atoms with Crippen molar-refractivity contribution in [1.82, 2.24) is 9.97 Å². The summed E-state index contributed by atoms with van der Waals surface area (Å²) in [6.07, 6.45) is 4.63. The Morgan fingerprint density at radius 2 is 2.04 bits per heavy atom. The molecule has 0 bridgehead atoms. The van der Waals surface area contributed by atoms with Crippen molar-refractivity contribution < 1.29 is 9.21 Å². The Bertz CT molecular complexity index is 949. The molecule has 0 aliphatic carbocycles. The van der Waals surface area contributed by atoms with E-state index in [-0.39, 0.29) is 29.0 Å². The Kier molecular flexibility index (Phi) is 4.22. The van der Waals surface area contributed by atoms with Crippen LogP contribution >= 0.6 is 0 Å². The molecule has 0 aromatic carbocycles. The van der Waals surface area contributed by atoms with Gasteiger partial charge >= 0.3 is 0 Å². The maximum absolute atomic E-state index is 13.0. The molecule has 0 saturated carbocycles. The van der Waals surface area contributed by atoms with E-state index in [9.17, 15) is 14.9 Å². The lowest BCUT2D eigenvalue weighted by Crippen LogP contribution is -2.46. The van der Waals surface area contributed by atoms with Gasteiger partial charge in [-0.1, -0.05) is 0 Å². The lowest BCUT2D eigenvalue weighted by Gasteiger charge is -2.39. The number of nitrogens with zero attached hydrogens (tertiary/aromatic N) is 3. The third-order valence-electron chi connectivity index (χ3n) is 5.54. The van der Waals surface area contributed by atoms with Gasteiger partial charge in [0.1, 0.15) is 17.5 Å². The number of H-pyrrole nitrogens is 1. The van der Waals surface area contributed by atoms with Crippen molar-refractivity contribution >= 4 is 17.7 Å². The molecule has 2 aromatic rings. The van der Waals surface area contributed by atoms with Gasteiger partial charge in [-0.2, -0.15) is 10.2 Å². The molecule has 27 heavy (non-hydrogen) atoms. The number of aromatic amines is 1. The second kappa shape index (κ2) is 6.58. The molecule has 2 aromatic heterocycles. The highest BCUT2D eigenvalue weighted by Gasteiger charge is 2.42. The highest BCUT2D eigenvalue weighted by atomic mass is 16.3. The molecule has 2 aliphatic heterocycles. The van der Waals surface area contributed by atoms with Crippen molar-refractivity contribution in [3.8, 4) is 6.07 Å². The van der Waals surface area contributed by atoms with E-state index < -0.39 is 17.7 Å². The molecular weight excluding hydrogens is 346 g/mol. The number of piperidine rings is 1. The molecule has 1 amide bonds. The zero-order chi connectivity index (χ0) is 19.1. The molecule has 4 heterocycles. The first kappa shape index (κ1) is 17.3. The van der Waals surface area contributed by atoms with Gasteiger partial charge in [0.05, 0.1) is 23.8 Å². The van der Waals surface area contributed by atoms with Gasteiger partial charge in [0.2, 0.25) is 11.9 Å². The van der Waals surface area contributed by atoms with Crippen molar-refractivity contribution in [2.75, 3.05) is 10.2 Å². The maximum Gasteiger partial charge on any atom is 0.258 e. The molecular formula is C19H21N5O3. The smallest absolute Gasteiger partial charge is 0.258 e. The predicted octanol–water partition coefficient (Wildman–Crippen LogP) is 2.35. The number of fused-ring (bicyclic) bond motifs is 1. The van der Waals surface area contributed by atoms with Gasteiger partial charge in [-0.05, 0) is 45.2 Å². The number of aromatic nitrogens is 2. The number of furan rings is 1. The summed E-state index contributed by atoms with van der Waals surface area (Å²) in [5, 5.41) is 12.1. The Morgan fingerprint density at radius 1 is 1.30 bits per heavy atom. The van der Waals surface area contributed by atoms with E-state index in [1.165, 1.54) is 6.26 Å². The zero-order valence-corrected chi connectivity index (χ0v) is 15.2. The summed E-state index contributed by atoms with van der Waals surface area (Å²) in [5.41, 5.74) is -0.0983. The van der Waals surface area contributed by atoms with E-state index in [1.807, 2.05) is 6.07 Å². The average Bonchev–Trinajstić information content (AvgIpc) is 3.14. The topological polar surface area (TPSA) is 115 Å². The number of carbonyl (C=O) groups is 1. The van der Waals surface area contributed by atoms with E-state index in [0.29, 0.717) is 11.7 Å². The summed E-state index contributed by atoms with van der Waals surface area (Å²) in [5.74, 6) is -1.25. The maximum atomic E-state index is 13.0. The second-order valence-corrected chi connectivity index (χ2v) is 7.28. The Labute approximate surface area is 156 Å². The van der Waals surface area contributed by atoms with Gasteiger partial charge in [-0.15, -0.1) is 0 Å². The number of nitrogens with one attached hydrogen (secondary N) is 2. The third-order valence-corrected chi connectivity index (χ3v) is 5.54. The summed E-state index contributed by atoms with van der Waals surface area (Å²) >= 11 is 0. The van der Waals surface area contributed by atoms with Crippen LogP contribution in [0.5, 0.6) is 0 Å². The monoisotopic (exact) mass is 367 g/mol. The fourth-order valence-electron chi connectivity index (χ4n) is 4.24. The van der Waals surface area contributed by atoms with Gasteiger partial charge < -0.3 is 14.6 Å². The Hall–Kier alpha value is -3.08. The molecule has 8 nitrogen and oxygen atoms in total. The second-order valence-electron chi connectivity index (χ2n) is 7.28. The van der Waals surface area contributed by atoms with Crippen molar-refractivity contribution in [2.45, 2.75) is 51.1 Å². The minimum Gasteiger partial charge on any atom is -0.469 e. The van der Waals surface area contributed by atoms with Gasteiger partial charge in [0, 0.05) is 12.1 Å². The van der Waals surface area contributed by atoms with Crippen LogP contribution < -0.4 is 15.8 Å². The molecule has 4 atom stereocenters. The van der Waals surface area contributed by atoms with Crippen LogP contribution in [-0.2, 0) is 4.79 Å². The molecule has 1 fully saturated rings. The molecule has 0 spiro atoms. The third kappa shape index (κ3) is 2.79. The minimum atomic E-state index is -1.05. The molecule has 2 N–H and O–H groups in total. The normalized spacial score (nSPS) is 27.6. The van der Waals surface area contributed by atoms with Crippen LogP contribution in [0.3, 0.4) is 0 Å². The molecule has 4 rings (SSSR count). The minimum absolute atomic E-state index is 0.205. The van der Waals surface area contributed by atoms with Crippen molar-refractivity contribution in [1.29, 1.82) is 5.26 Å². The van der Waals surface area contributed by atoms with Crippen molar-refractivity contribution in [2.24, 2.45) is 5.92 Å². The number of nitriles is 1. The fraction of sp³-hybridized carbons (Fsp3) is 0.474. The lowest BCUT2D eigenvalue weighted by molar-refractivity contribution is -0.119. The standard InChI is InChI=1S/C19H21N5O3/c1-10-5-3-6-11(2)24(10)19-22-16-15(18(26)23-19)14(13-7-4-8-27-13)12(9-20)17(25)21-16/h4,7-8,10-12,14H,3,5-6H2,1-2H3,(H2,21,22,23,25,26). The highest BCUT2D eigenvalue weighted by Crippen LogP contribution is 2.38. The number of carbonyl (C=O) groups excluding carboxylic acids is 1. The van der Waals surface area contributed by atoms with Crippen molar-refractivity contribution in [3.05, 3.63) is 40.1 Å². The first-order valence-corrected chi connectivity index (χ1v) is 9.17. The SMILES string of the molecule is CC1CCCC(C)N1c1nc2c(c(=O)[nH]1)C(c1ccco1)C(C#N)C(=O)N2. The van der Waals surface area contributed by atoms with Gasteiger partial charge in [0.15, 0.2) is 0 Å². The van der Waals surface area contributed by atoms with E-state index in [1.54, 1.807) is 12.1 Å². The highest BCUT2D eigenvalue weighted by molar-refractivity contribution is 5.97. The van der Waals surface area contributed by atoms with E-state index in [0.717, 1.165) is 19.3 Å². The molecule has 8 heteroatoms. The first-order valence-electron chi connectivity index (χ1n) is 9.17. The molecule has 2 aliphatic rings. The number of hydrogen-bond donors (Lipinski definition) is 2. The van der Waals surface area contributed by atoms with Crippen LogP contribution in [0.1, 0.15) is 50.4 Å². The van der Waals surface area contributed by atoms with Crippen LogP contribution in [0.25, 0.3) is 0 Å². The summed E-state index contributed by atoms with van der Waals surface area (Å²) in [4.78, 5) is 35.0. The van der Waals surface area contributed by atoms with E-state index in [4.69, 9.17) is 4.42 Å².